The number of aryl methyl sites for hydroxylation is 1. The summed E-state index contributed by atoms with van der Waals surface area (Å²) in [5, 5.41) is 19.0. The van der Waals surface area contributed by atoms with Gasteiger partial charge < -0.3 is 19.8 Å². The Bertz CT molecular complexity index is 903. The van der Waals surface area contributed by atoms with Gasteiger partial charge >= 0.3 is 17.7 Å². The summed E-state index contributed by atoms with van der Waals surface area (Å²) < 4.78 is 6.99. The maximum Gasteiger partial charge on any atom is 0.327 e. The SMILES string of the molecule is CCCCOc1nc(O)c2[nH]c(=O)n(CCCCN3CCN(CC(=O)O)CC3)c2n1. The van der Waals surface area contributed by atoms with Gasteiger partial charge in [0, 0.05) is 32.7 Å². The van der Waals surface area contributed by atoms with E-state index in [9.17, 15) is 14.7 Å². The van der Waals surface area contributed by atoms with Crippen molar-refractivity contribution in [3.05, 3.63) is 10.5 Å². The van der Waals surface area contributed by atoms with Crippen LogP contribution >= 0.6 is 0 Å². The van der Waals surface area contributed by atoms with Crippen LogP contribution < -0.4 is 10.4 Å². The van der Waals surface area contributed by atoms with E-state index < -0.39 is 5.97 Å². The highest BCUT2D eigenvalue weighted by Crippen LogP contribution is 2.21. The highest BCUT2D eigenvalue weighted by atomic mass is 16.5. The number of imidazole rings is 1. The smallest absolute Gasteiger partial charge is 0.327 e. The minimum atomic E-state index is -0.790. The van der Waals surface area contributed by atoms with Crippen molar-refractivity contribution in [3.8, 4) is 11.9 Å². The lowest BCUT2D eigenvalue weighted by molar-refractivity contribution is -0.138. The first-order valence-electron chi connectivity index (χ1n) is 10.5. The van der Waals surface area contributed by atoms with Gasteiger partial charge in [0.15, 0.2) is 5.65 Å². The van der Waals surface area contributed by atoms with E-state index in [2.05, 4.69) is 19.9 Å². The molecule has 166 valence electrons. The standard InChI is InChI=1S/C19H30N6O5/c1-2-3-12-30-18-21-16-15(17(28)22-18)20-19(29)25(16)7-5-4-6-23-8-10-24(11-9-23)13-14(26)27/h2-13H2,1H3,(H,20,29)(H,26,27)(H,21,22,28). The number of carboxylic acids is 1. The molecular formula is C19H30N6O5. The molecule has 0 bridgehead atoms. The molecule has 3 heterocycles. The van der Waals surface area contributed by atoms with Crippen LogP contribution in [-0.2, 0) is 11.3 Å². The maximum atomic E-state index is 12.3. The zero-order valence-electron chi connectivity index (χ0n) is 17.3. The number of rotatable bonds is 11. The fourth-order valence-corrected chi connectivity index (χ4v) is 3.54. The first-order chi connectivity index (χ1) is 14.5. The van der Waals surface area contributed by atoms with Gasteiger partial charge in [0.2, 0.25) is 5.88 Å². The van der Waals surface area contributed by atoms with Crippen LogP contribution in [0.5, 0.6) is 11.9 Å². The number of unbranched alkanes of at least 4 members (excludes halogenated alkanes) is 2. The second-order valence-electron chi connectivity index (χ2n) is 7.53. The summed E-state index contributed by atoms with van der Waals surface area (Å²) in [6, 6.07) is 0.0698. The molecule has 3 rings (SSSR count). The van der Waals surface area contributed by atoms with Crippen LogP contribution in [0.2, 0.25) is 0 Å². The van der Waals surface area contributed by atoms with Crippen LogP contribution in [0.1, 0.15) is 32.6 Å². The van der Waals surface area contributed by atoms with Gasteiger partial charge in [0.25, 0.3) is 0 Å². The molecule has 11 nitrogen and oxygen atoms in total. The number of nitrogens with zero attached hydrogens (tertiary/aromatic N) is 5. The summed E-state index contributed by atoms with van der Waals surface area (Å²) >= 11 is 0. The molecule has 0 spiro atoms. The maximum absolute atomic E-state index is 12.3. The molecule has 0 aromatic carbocycles. The Kier molecular flexibility index (Phi) is 7.63. The number of fused-ring (bicyclic) bond motifs is 1. The summed E-state index contributed by atoms with van der Waals surface area (Å²) in [6.07, 6.45) is 3.50. The number of aromatic nitrogens is 4. The number of carboxylic acid groups (broad SMARTS) is 1. The average molecular weight is 422 g/mol. The van der Waals surface area contributed by atoms with Gasteiger partial charge in [-0.15, -0.1) is 0 Å². The van der Waals surface area contributed by atoms with Crippen LogP contribution in [0.4, 0.5) is 0 Å². The molecule has 1 aliphatic heterocycles. The minimum absolute atomic E-state index is 0.0698. The quantitative estimate of drug-likeness (QED) is 0.442. The fraction of sp³-hybridized carbons (Fsp3) is 0.684. The molecule has 0 unspecified atom stereocenters. The molecule has 3 N–H and O–H groups in total. The molecule has 0 amide bonds. The molecule has 11 heteroatoms. The van der Waals surface area contributed by atoms with Gasteiger partial charge in [-0.25, -0.2) is 4.79 Å². The Balaban J connectivity index is 1.52. The Hall–Kier alpha value is -2.66. The number of carbonyl (C=O) groups is 1. The third kappa shape index (κ3) is 5.70. The molecule has 0 radical (unpaired) electrons. The van der Waals surface area contributed by atoms with Gasteiger partial charge in [-0.05, 0) is 25.8 Å². The third-order valence-electron chi connectivity index (χ3n) is 5.24. The molecule has 30 heavy (non-hydrogen) atoms. The summed E-state index contributed by atoms with van der Waals surface area (Å²) in [5.41, 5.74) is 0.237. The highest BCUT2D eigenvalue weighted by molar-refractivity contribution is 5.76. The zero-order chi connectivity index (χ0) is 21.5. The number of aliphatic carboxylic acids is 1. The van der Waals surface area contributed by atoms with Crippen molar-refractivity contribution in [3.63, 3.8) is 0 Å². The number of H-pyrrole nitrogens is 1. The number of aromatic hydroxyl groups is 1. The second kappa shape index (κ2) is 10.4. The number of aromatic amines is 1. The largest absolute Gasteiger partial charge is 0.492 e. The molecule has 1 fully saturated rings. The van der Waals surface area contributed by atoms with Gasteiger partial charge in [0.05, 0.1) is 13.2 Å². The van der Waals surface area contributed by atoms with E-state index in [0.29, 0.717) is 18.8 Å². The predicted molar refractivity (Wildman–Crippen MR) is 110 cm³/mol. The van der Waals surface area contributed by atoms with Crippen molar-refractivity contribution in [2.75, 3.05) is 45.9 Å². The van der Waals surface area contributed by atoms with Crippen molar-refractivity contribution in [1.29, 1.82) is 0 Å². The number of nitrogens with one attached hydrogen (secondary N) is 1. The van der Waals surface area contributed by atoms with E-state index >= 15 is 0 Å². The normalized spacial score (nSPS) is 15.6. The van der Waals surface area contributed by atoms with Crippen LogP contribution in [-0.4, -0.2) is 91.4 Å². The molecular weight excluding hydrogens is 392 g/mol. The summed E-state index contributed by atoms with van der Waals surface area (Å²) in [7, 11) is 0. The number of ether oxygens (including phenoxy) is 1. The van der Waals surface area contributed by atoms with E-state index in [1.807, 2.05) is 11.8 Å². The van der Waals surface area contributed by atoms with E-state index in [0.717, 1.165) is 58.4 Å². The van der Waals surface area contributed by atoms with E-state index in [1.165, 1.54) is 4.57 Å². The van der Waals surface area contributed by atoms with Crippen molar-refractivity contribution >= 4 is 17.1 Å². The van der Waals surface area contributed by atoms with Gasteiger partial charge in [-0.1, -0.05) is 13.3 Å². The molecule has 2 aromatic rings. The second-order valence-corrected chi connectivity index (χ2v) is 7.53. The molecule has 0 saturated carbocycles. The Morgan fingerprint density at radius 1 is 1.10 bits per heavy atom. The first kappa shape index (κ1) is 22.0. The average Bonchev–Trinajstić information content (AvgIpc) is 3.02. The highest BCUT2D eigenvalue weighted by Gasteiger charge is 2.19. The predicted octanol–water partition coefficient (Wildman–Crippen LogP) is 0.487. The lowest BCUT2D eigenvalue weighted by Gasteiger charge is -2.33. The van der Waals surface area contributed by atoms with E-state index in [4.69, 9.17) is 9.84 Å². The van der Waals surface area contributed by atoms with E-state index in [1.54, 1.807) is 0 Å². The summed E-state index contributed by atoms with van der Waals surface area (Å²) in [6.45, 7) is 7.17. The van der Waals surface area contributed by atoms with Crippen molar-refractivity contribution < 1.29 is 19.7 Å². The van der Waals surface area contributed by atoms with Crippen molar-refractivity contribution in [2.24, 2.45) is 0 Å². The number of hydrogen-bond acceptors (Lipinski definition) is 8. The van der Waals surface area contributed by atoms with Crippen molar-refractivity contribution in [2.45, 2.75) is 39.2 Å². The van der Waals surface area contributed by atoms with Crippen LogP contribution in [0.3, 0.4) is 0 Å². The van der Waals surface area contributed by atoms with Crippen LogP contribution in [0.15, 0.2) is 4.79 Å². The Labute approximate surface area is 174 Å². The molecule has 0 aliphatic carbocycles. The zero-order valence-corrected chi connectivity index (χ0v) is 17.3. The molecule has 2 aromatic heterocycles. The molecule has 1 saturated heterocycles. The summed E-state index contributed by atoms with van der Waals surface area (Å²) in [5.74, 6) is -1.08. The Morgan fingerprint density at radius 3 is 2.50 bits per heavy atom. The van der Waals surface area contributed by atoms with E-state index in [-0.39, 0.29) is 29.6 Å². The van der Waals surface area contributed by atoms with Crippen LogP contribution in [0, 0.1) is 0 Å². The summed E-state index contributed by atoms with van der Waals surface area (Å²) in [4.78, 5) is 38.2. The topological polar surface area (TPSA) is 137 Å². The third-order valence-corrected chi connectivity index (χ3v) is 5.24. The fourth-order valence-electron chi connectivity index (χ4n) is 3.54. The minimum Gasteiger partial charge on any atom is -0.492 e. The monoisotopic (exact) mass is 422 g/mol. The lowest BCUT2D eigenvalue weighted by Crippen LogP contribution is -2.48. The molecule has 1 aliphatic rings. The Morgan fingerprint density at radius 2 is 1.80 bits per heavy atom. The van der Waals surface area contributed by atoms with Gasteiger partial charge in [-0.3, -0.25) is 19.2 Å². The number of hydrogen-bond donors (Lipinski definition) is 3. The van der Waals surface area contributed by atoms with Gasteiger partial charge in [-0.2, -0.15) is 9.97 Å². The van der Waals surface area contributed by atoms with Crippen LogP contribution in [0.25, 0.3) is 11.2 Å². The first-order valence-corrected chi connectivity index (χ1v) is 10.5. The number of piperazine rings is 1. The molecule has 0 atom stereocenters. The van der Waals surface area contributed by atoms with Crippen molar-refractivity contribution in [1.82, 2.24) is 29.3 Å². The van der Waals surface area contributed by atoms with Gasteiger partial charge in [0.1, 0.15) is 5.52 Å². The lowest BCUT2D eigenvalue weighted by atomic mass is 10.2.